The molecule has 2 aliphatic rings. The number of hydrogen-bond donors (Lipinski definition) is 1. The van der Waals surface area contributed by atoms with Crippen LogP contribution in [0.15, 0.2) is 0 Å². The zero-order chi connectivity index (χ0) is 21.0. The maximum atomic E-state index is 3.96. The molecule has 2 atom stereocenters. The Kier molecular flexibility index (Phi) is 12.2. The zero-order valence-corrected chi connectivity index (χ0v) is 20.6. The molecular formula is C27H54N2. The number of piperidine rings is 1. The second-order valence-electron chi connectivity index (χ2n) is 10.8. The highest BCUT2D eigenvalue weighted by Gasteiger charge is 2.38. The molecule has 1 N–H and O–H groups in total. The molecule has 0 aromatic heterocycles. The molecule has 0 amide bonds. The monoisotopic (exact) mass is 406 g/mol. The number of rotatable bonds is 14. The minimum absolute atomic E-state index is 0.697. The second-order valence-corrected chi connectivity index (χ2v) is 10.8. The van der Waals surface area contributed by atoms with Crippen LogP contribution in [0.25, 0.3) is 0 Å². The first kappa shape index (κ1) is 25.2. The maximum Gasteiger partial charge on any atom is 0.00699 e. The fourth-order valence-electron chi connectivity index (χ4n) is 5.94. The normalized spacial score (nSPS) is 22.8. The van der Waals surface area contributed by atoms with Gasteiger partial charge < -0.3 is 10.2 Å². The van der Waals surface area contributed by atoms with Crippen LogP contribution < -0.4 is 5.32 Å². The summed E-state index contributed by atoms with van der Waals surface area (Å²) in [6.45, 7) is 13.6. The first-order valence-corrected chi connectivity index (χ1v) is 13.6. The summed E-state index contributed by atoms with van der Waals surface area (Å²) in [7, 11) is 0. The number of unbranched alkanes of at least 4 members (excludes halogenated alkanes) is 5. The van der Waals surface area contributed by atoms with Crippen molar-refractivity contribution in [3.05, 3.63) is 0 Å². The lowest BCUT2D eigenvalue weighted by Gasteiger charge is -2.47. The van der Waals surface area contributed by atoms with Crippen LogP contribution >= 0.6 is 0 Å². The van der Waals surface area contributed by atoms with Crippen molar-refractivity contribution in [3.63, 3.8) is 0 Å². The van der Waals surface area contributed by atoms with Gasteiger partial charge in [-0.05, 0) is 82.7 Å². The molecule has 29 heavy (non-hydrogen) atoms. The molecule has 2 fully saturated rings. The number of likely N-dealkylation sites (tertiary alicyclic amines) is 1. The molecule has 2 rings (SSSR count). The lowest BCUT2D eigenvalue weighted by Crippen LogP contribution is -2.46. The Morgan fingerprint density at radius 1 is 0.828 bits per heavy atom. The van der Waals surface area contributed by atoms with E-state index < -0.39 is 0 Å². The van der Waals surface area contributed by atoms with E-state index >= 15 is 0 Å². The zero-order valence-electron chi connectivity index (χ0n) is 20.6. The fourth-order valence-corrected chi connectivity index (χ4v) is 5.94. The van der Waals surface area contributed by atoms with Crippen molar-refractivity contribution in [2.45, 2.75) is 143 Å². The van der Waals surface area contributed by atoms with E-state index in [2.05, 4.69) is 37.9 Å². The van der Waals surface area contributed by atoms with Gasteiger partial charge in [0.15, 0.2) is 0 Å². The number of nitrogens with zero attached hydrogens (tertiary/aromatic N) is 1. The van der Waals surface area contributed by atoms with Gasteiger partial charge in [0, 0.05) is 18.6 Å². The van der Waals surface area contributed by atoms with E-state index in [0.717, 1.165) is 12.0 Å². The third-order valence-electron chi connectivity index (χ3n) is 8.28. The highest BCUT2D eigenvalue weighted by molar-refractivity contribution is 4.92. The van der Waals surface area contributed by atoms with Crippen molar-refractivity contribution in [2.24, 2.45) is 11.3 Å². The largest absolute Gasteiger partial charge is 0.312 e. The average Bonchev–Trinajstić information content (AvgIpc) is 2.74. The van der Waals surface area contributed by atoms with Gasteiger partial charge in [-0.2, -0.15) is 0 Å². The molecular weight excluding hydrogens is 352 g/mol. The second kappa shape index (κ2) is 14.1. The van der Waals surface area contributed by atoms with Gasteiger partial charge in [-0.3, -0.25) is 0 Å². The van der Waals surface area contributed by atoms with Crippen LogP contribution in [0.3, 0.4) is 0 Å². The summed E-state index contributed by atoms with van der Waals surface area (Å²) in [6.07, 6.45) is 22.8. The van der Waals surface area contributed by atoms with Gasteiger partial charge in [-0.25, -0.2) is 0 Å². The Balaban J connectivity index is 1.63. The van der Waals surface area contributed by atoms with Crippen molar-refractivity contribution in [1.82, 2.24) is 10.2 Å². The summed E-state index contributed by atoms with van der Waals surface area (Å²) >= 11 is 0. The molecule has 1 spiro atoms. The molecule has 1 saturated heterocycles. The van der Waals surface area contributed by atoms with Gasteiger partial charge >= 0.3 is 0 Å². The molecule has 172 valence electrons. The average molecular weight is 407 g/mol. The Morgan fingerprint density at radius 3 is 2.07 bits per heavy atom. The standard InChI is InChI=1S/C27H54N2/c1-5-8-10-12-14-25(7-3)23-29-21-19-27(20-22-29)17-15-26(16-18-27)28-24(4)13-11-9-6-2/h24-26,28H,5-23H2,1-4H3. The van der Waals surface area contributed by atoms with Crippen LogP contribution in [0.4, 0.5) is 0 Å². The lowest BCUT2D eigenvalue weighted by atomic mass is 9.67. The molecule has 1 aliphatic heterocycles. The van der Waals surface area contributed by atoms with Gasteiger partial charge in [0.1, 0.15) is 0 Å². The molecule has 2 heteroatoms. The van der Waals surface area contributed by atoms with Crippen molar-refractivity contribution >= 4 is 0 Å². The van der Waals surface area contributed by atoms with Gasteiger partial charge in [0.05, 0.1) is 0 Å². The predicted octanol–water partition coefficient (Wildman–Crippen LogP) is 7.57. The molecule has 0 bridgehead atoms. The van der Waals surface area contributed by atoms with Crippen LogP contribution in [0.5, 0.6) is 0 Å². The third-order valence-corrected chi connectivity index (χ3v) is 8.28. The highest BCUT2D eigenvalue weighted by Crippen LogP contribution is 2.44. The highest BCUT2D eigenvalue weighted by atomic mass is 15.1. The van der Waals surface area contributed by atoms with Crippen LogP contribution in [0.1, 0.15) is 130 Å². The SMILES string of the molecule is CCCCCCC(CC)CN1CCC2(CCC(NC(C)CCCCC)CC2)CC1. The third kappa shape index (κ3) is 9.30. The number of hydrogen-bond acceptors (Lipinski definition) is 2. The van der Waals surface area contributed by atoms with E-state index in [0.29, 0.717) is 11.5 Å². The Labute approximate surface area is 184 Å². The van der Waals surface area contributed by atoms with E-state index in [9.17, 15) is 0 Å². The van der Waals surface area contributed by atoms with E-state index in [-0.39, 0.29) is 0 Å². The molecule has 2 unspecified atom stereocenters. The summed E-state index contributed by atoms with van der Waals surface area (Å²) in [5.74, 6) is 0.940. The molecule has 0 radical (unpaired) electrons. The molecule has 1 saturated carbocycles. The topological polar surface area (TPSA) is 15.3 Å². The van der Waals surface area contributed by atoms with Crippen molar-refractivity contribution in [2.75, 3.05) is 19.6 Å². The molecule has 0 aromatic carbocycles. The molecule has 2 nitrogen and oxygen atoms in total. The minimum atomic E-state index is 0.697. The molecule has 1 aliphatic carbocycles. The van der Waals surface area contributed by atoms with Gasteiger partial charge in [-0.15, -0.1) is 0 Å². The van der Waals surface area contributed by atoms with E-state index in [1.165, 1.54) is 122 Å². The Hall–Kier alpha value is -0.0800. The lowest BCUT2D eigenvalue weighted by molar-refractivity contribution is 0.0490. The number of nitrogens with one attached hydrogen (secondary N) is 1. The van der Waals surface area contributed by atoms with E-state index in [1.54, 1.807) is 0 Å². The minimum Gasteiger partial charge on any atom is -0.312 e. The first-order valence-electron chi connectivity index (χ1n) is 13.6. The van der Waals surface area contributed by atoms with Crippen LogP contribution in [-0.2, 0) is 0 Å². The first-order chi connectivity index (χ1) is 14.1. The van der Waals surface area contributed by atoms with Crippen molar-refractivity contribution in [1.29, 1.82) is 0 Å². The van der Waals surface area contributed by atoms with Gasteiger partial charge in [-0.1, -0.05) is 72.1 Å². The Bertz CT molecular complexity index is 389. The van der Waals surface area contributed by atoms with Crippen molar-refractivity contribution in [3.8, 4) is 0 Å². The van der Waals surface area contributed by atoms with Crippen molar-refractivity contribution < 1.29 is 0 Å². The summed E-state index contributed by atoms with van der Waals surface area (Å²) < 4.78 is 0. The quantitative estimate of drug-likeness (QED) is 0.299. The Morgan fingerprint density at radius 2 is 1.45 bits per heavy atom. The van der Waals surface area contributed by atoms with Crippen LogP contribution in [0, 0.1) is 11.3 Å². The van der Waals surface area contributed by atoms with Crippen LogP contribution in [0.2, 0.25) is 0 Å². The maximum absolute atomic E-state index is 3.96. The summed E-state index contributed by atoms with van der Waals surface area (Å²) in [5.41, 5.74) is 0.697. The summed E-state index contributed by atoms with van der Waals surface area (Å²) in [5, 5.41) is 3.96. The van der Waals surface area contributed by atoms with E-state index in [1.807, 2.05) is 0 Å². The fraction of sp³-hybridized carbons (Fsp3) is 1.00. The smallest absolute Gasteiger partial charge is 0.00699 e. The molecule has 1 heterocycles. The van der Waals surface area contributed by atoms with E-state index in [4.69, 9.17) is 0 Å². The van der Waals surface area contributed by atoms with Gasteiger partial charge in [0.2, 0.25) is 0 Å². The predicted molar refractivity (Wildman–Crippen MR) is 130 cm³/mol. The molecule has 0 aromatic rings. The van der Waals surface area contributed by atoms with Crippen LogP contribution in [-0.4, -0.2) is 36.6 Å². The summed E-state index contributed by atoms with van der Waals surface area (Å²) in [4.78, 5) is 2.82. The van der Waals surface area contributed by atoms with Gasteiger partial charge in [0.25, 0.3) is 0 Å². The summed E-state index contributed by atoms with van der Waals surface area (Å²) in [6, 6.07) is 1.51.